The van der Waals surface area contributed by atoms with Gasteiger partial charge in [-0.05, 0) is 78.5 Å². The van der Waals surface area contributed by atoms with Crippen LogP contribution in [0.25, 0.3) is 11.8 Å². The first-order valence-electron chi connectivity index (χ1n) is 8.96. The van der Waals surface area contributed by atoms with Gasteiger partial charge in [0.1, 0.15) is 11.3 Å². The van der Waals surface area contributed by atoms with Gasteiger partial charge in [-0.3, -0.25) is 19.8 Å². The highest BCUT2D eigenvalue weighted by Gasteiger charge is 2.34. The van der Waals surface area contributed by atoms with Crippen LogP contribution in [0.2, 0.25) is 0 Å². The van der Waals surface area contributed by atoms with Crippen LogP contribution >= 0.6 is 28.1 Å². The molecule has 0 aliphatic carbocycles. The third kappa shape index (κ3) is 3.92. The van der Waals surface area contributed by atoms with Crippen molar-refractivity contribution in [1.29, 1.82) is 0 Å². The molecule has 6 nitrogen and oxygen atoms in total. The van der Waals surface area contributed by atoms with Crippen molar-refractivity contribution >= 4 is 56.8 Å². The van der Waals surface area contributed by atoms with E-state index < -0.39 is 11.8 Å². The Hall–Kier alpha value is -3.23. The summed E-state index contributed by atoms with van der Waals surface area (Å²) in [5, 5.41) is 2.65. The van der Waals surface area contributed by atoms with E-state index in [2.05, 4.69) is 21.2 Å². The minimum absolute atomic E-state index is 0.0130. The molecule has 8 heteroatoms. The molecule has 30 heavy (non-hydrogen) atoms. The molecule has 1 saturated heterocycles. The highest BCUT2D eigenvalue weighted by atomic mass is 79.9. The van der Waals surface area contributed by atoms with Crippen LogP contribution in [0, 0.1) is 0 Å². The van der Waals surface area contributed by atoms with E-state index in [1.165, 1.54) is 4.90 Å². The van der Waals surface area contributed by atoms with E-state index in [9.17, 15) is 9.59 Å². The molecule has 2 heterocycles. The minimum atomic E-state index is -0.518. The topological polar surface area (TPSA) is 63.6 Å². The van der Waals surface area contributed by atoms with Gasteiger partial charge in [0.2, 0.25) is 0 Å². The van der Waals surface area contributed by atoms with Crippen LogP contribution in [0.3, 0.4) is 0 Å². The number of hydrogen-bond acceptors (Lipinski definition) is 4. The zero-order chi connectivity index (χ0) is 21.3. The molecule has 0 saturated carbocycles. The van der Waals surface area contributed by atoms with Gasteiger partial charge in [-0.15, -0.1) is 0 Å². The Morgan fingerprint density at radius 3 is 2.33 bits per heavy atom. The molecule has 3 aromatic rings. The number of rotatable bonds is 4. The van der Waals surface area contributed by atoms with Crippen molar-refractivity contribution < 1.29 is 14.3 Å². The maximum atomic E-state index is 13.1. The second-order valence-electron chi connectivity index (χ2n) is 6.48. The lowest BCUT2D eigenvalue weighted by Gasteiger charge is -2.28. The third-order valence-corrected chi connectivity index (χ3v) is 5.40. The van der Waals surface area contributed by atoms with Crippen molar-refractivity contribution in [2.75, 3.05) is 12.0 Å². The van der Waals surface area contributed by atoms with Crippen molar-refractivity contribution in [3.63, 3.8) is 0 Å². The lowest BCUT2D eigenvalue weighted by atomic mass is 10.1. The highest BCUT2D eigenvalue weighted by molar-refractivity contribution is 9.10. The fraction of sp³-hybridized carbons (Fsp3) is 0.0455. The fourth-order valence-corrected chi connectivity index (χ4v) is 3.61. The number of amides is 2. The maximum Gasteiger partial charge on any atom is 0.270 e. The largest absolute Gasteiger partial charge is 0.497 e. The van der Waals surface area contributed by atoms with Crippen LogP contribution < -0.4 is 15.0 Å². The number of carbonyl (C=O) groups is 2. The molecule has 1 N–H and O–H groups in total. The molecule has 0 radical (unpaired) electrons. The van der Waals surface area contributed by atoms with Gasteiger partial charge in [-0.1, -0.05) is 15.9 Å². The number of ether oxygens (including phenoxy) is 1. The minimum Gasteiger partial charge on any atom is -0.497 e. The van der Waals surface area contributed by atoms with Crippen LogP contribution in [0.5, 0.6) is 5.75 Å². The molecule has 1 aliphatic rings. The van der Waals surface area contributed by atoms with Crippen molar-refractivity contribution in [1.82, 2.24) is 9.88 Å². The van der Waals surface area contributed by atoms with E-state index in [1.807, 2.05) is 47.3 Å². The molecule has 0 atom stereocenters. The predicted molar refractivity (Wildman–Crippen MR) is 123 cm³/mol. The Bertz CT molecular complexity index is 1170. The van der Waals surface area contributed by atoms with Crippen molar-refractivity contribution in [3.05, 3.63) is 82.6 Å². The number of anilines is 1. The molecule has 1 aliphatic heterocycles. The highest BCUT2D eigenvalue weighted by Crippen LogP contribution is 2.24. The first-order valence-corrected chi connectivity index (χ1v) is 10.2. The van der Waals surface area contributed by atoms with E-state index >= 15 is 0 Å². The summed E-state index contributed by atoms with van der Waals surface area (Å²) >= 11 is 8.59. The third-order valence-electron chi connectivity index (χ3n) is 4.58. The first-order chi connectivity index (χ1) is 14.5. The van der Waals surface area contributed by atoms with Gasteiger partial charge in [0.25, 0.3) is 11.8 Å². The summed E-state index contributed by atoms with van der Waals surface area (Å²) in [5.41, 5.74) is 2.24. The van der Waals surface area contributed by atoms with Gasteiger partial charge in [0.05, 0.1) is 12.8 Å². The second kappa shape index (κ2) is 8.25. The summed E-state index contributed by atoms with van der Waals surface area (Å²) in [6.45, 7) is 0. The van der Waals surface area contributed by atoms with Crippen molar-refractivity contribution in [3.8, 4) is 11.4 Å². The van der Waals surface area contributed by atoms with E-state index in [0.29, 0.717) is 11.3 Å². The Morgan fingerprint density at radius 1 is 1.00 bits per heavy atom. The molecule has 4 rings (SSSR count). The van der Waals surface area contributed by atoms with Gasteiger partial charge in [-0.25, -0.2) is 0 Å². The molecule has 1 fully saturated rings. The first kappa shape index (κ1) is 20.1. The fourth-order valence-electron chi connectivity index (χ4n) is 3.06. The van der Waals surface area contributed by atoms with Crippen LogP contribution in [0.15, 0.2) is 77.0 Å². The molecule has 150 valence electrons. The molecule has 0 spiro atoms. The monoisotopic (exact) mass is 481 g/mol. The number of methoxy groups -OCH3 is 1. The van der Waals surface area contributed by atoms with Crippen molar-refractivity contribution in [2.24, 2.45) is 0 Å². The van der Waals surface area contributed by atoms with Crippen LogP contribution in [-0.4, -0.2) is 28.6 Å². The van der Waals surface area contributed by atoms with Gasteiger partial charge in [-0.2, -0.15) is 0 Å². The van der Waals surface area contributed by atoms with E-state index in [4.69, 9.17) is 17.0 Å². The van der Waals surface area contributed by atoms with E-state index in [-0.39, 0.29) is 10.7 Å². The maximum absolute atomic E-state index is 13.1. The van der Waals surface area contributed by atoms with Crippen molar-refractivity contribution in [2.45, 2.75) is 0 Å². The smallest absolute Gasteiger partial charge is 0.270 e. The molecule has 1 aromatic heterocycles. The van der Waals surface area contributed by atoms with Gasteiger partial charge in [0.15, 0.2) is 5.11 Å². The average Bonchev–Trinajstić information content (AvgIpc) is 3.21. The number of thiocarbonyl (C=S) groups is 1. The normalized spacial score (nSPS) is 15.5. The summed E-state index contributed by atoms with van der Waals surface area (Å²) in [6.07, 6.45) is 5.26. The van der Waals surface area contributed by atoms with Crippen LogP contribution in [0.1, 0.15) is 5.56 Å². The Kier molecular flexibility index (Phi) is 5.52. The SMILES string of the molecule is COc1ccc(-n2ccc(/C=C3/C(=O)NC(=S)N(c4ccc(Br)cc4)C3=O)c2)cc1. The number of nitrogens with zero attached hydrogens (tertiary/aromatic N) is 2. The number of hydrogen-bond donors (Lipinski definition) is 1. The summed E-state index contributed by atoms with van der Waals surface area (Å²) in [5.74, 6) is -0.222. The molecule has 0 unspecified atom stereocenters. The van der Waals surface area contributed by atoms with E-state index in [0.717, 1.165) is 15.9 Å². The zero-order valence-corrected chi connectivity index (χ0v) is 18.2. The average molecular weight is 482 g/mol. The van der Waals surface area contributed by atoms with E-state index in [1.54, 1.807) is 37.5 Å². The van der Waals surface area contributed by atoms with Gasteiger partial charge < -0.3 is 9.30 Å². The molecular weight excluding hydrogens is 466 g/mol. The predicted octanol–water partition coefficient (Wildman–Crippen LogP) is 4.08. The lowest BCUT2D eigenvalue weighted by Crippen LogP contribution is -2.54. The van der Waals surface area contributed by atoms with Gasteiger partial charge >= 0.3 is 0 Å². The summed E-state index contributed by atoms with van der Waals surface area (Å²) < 4.78 is 7.95. The molecule has 2 aromatic carbocycles. The lowest BCUT2D eigenvalue weighted by molar-refractivity contribution is -0.122. The number of halogens is 1. The molecule has 0 bridgehead atoms. The van der Waals surface area contributed by atoms with Gasteiger partial charge in [0, 0.05) is 22.6 Å². The standard InChI is InChI=1S/C22H16BrN3O3S/c1-29-18-8-6-16(7-9-18)25-11-10-14(13-25)12-19-20(27)24-22(30)26(21(19)28)17-4-2-15(23)3-5-17/h2-13H,1H3,(H,24,27,30)/b19-12-. The second-order valence-corrected chi connectivity index (χ2v) is 7.79. The number of aromatic nitrogens is 1. The quantitative estimate of drug-likeness (QED) is 0.346. The van der Waals surface area contributed by atoms with Crippen LogP contribution in [0.4, 0.5) is 5.69 Å². The Labute approximate surface area is 186 Å². The number of benzene rings is 2. The summed E-state index contributed by atoms with van der Waals surface area (Å²) in [6, 6.07) is 16.5. The molecule has 2 amide bonds. The molecular formula is C22H16BrN3O3S. The number of nitrogens with one attached hydrogen (secondary N) is 1. The number of carbonyl (C=O) groups excluding carboxylic acids is 2. The Balaban J connectivity index is 1.64. The summed E-state index contributed by atoms with van der Waals surface area (Å²) in [4.78, 5) is 26.8. The Morgan fingerprint density at radius 2 is 1.67 bits per heavy atom. The summed E-state index contributed by atoms with van der Waals surface area (Å²) in [7, 11) is 1.62. The zero-order valence-electron chi connectivity index (χ0n) is 15.8. The van der Waals surface area contributed by atoms with Crippen LogP contribution in [-0.2, 0) is 9.59 Å².